The lowest BCUT2D eigenvalue weighted by atomic mass is 10.1. The Labute approximate surface area is 102 Å². The van der Waals surface area contributed by atoms with Gasteiger partial charge in [0, 0.05) is 17.6 Å². The summed E-state index contributed by atoms with van der Waals surface area (Å²) in [6, 6.07) is 7.45. The monoisotopic (exact) mass is 237 g/mol. The van der Waals surface area contributed by atoms with Crippen molar-refractivity contribution in [3.8, 4) is 5.75 Å². The summed E-state index contributed by atoms with van der Waals surface area (Å²) in [6.45, 7) is 6.57. The molecule has 94 valence electrons. The van der Waals surface area contributed by atoms with E-state index in [4.69, 9.17) is 9.84 Å². The van der Waals surface area contributed by atoms with Crippen molar-refractivity contribution in [1.29, 1.82) is 0 Å². The molecule has 4 nitrogen and oxygen atoms in total. The number of ether oxygens (including phenoxy) is 1. The molecule has 0 spiro atoms. The van der Waals surface area contributed by atoms with Gasteiger partial charge in [0.25, 0.3) is 0 Å². The van der Waals surface area contributed by atoms with Crippen molar-refractivity contribution >= 4 is 5.97 Å². The van der Waals surface area contributed by atoms with Gasteiger partial charge in [-0.1, -0.05) is 18.2 Å². The molecule has 0 unspecified atom stereocenters. The van der Waals surface area contributed by atoms with Crippen LogP contribution in [-0.2, 0) is 11.3 Å². The highest BCUT2D eigenvalue weighted by molar-refractivity contribution is 5.68. The number of hydrogen-bond donors (Lipinski definition) is 2. The molecular weight excluding hydrogens is 218 g/mol. The molecule has 0 saturated heterocycles. The number of carboxylic acids is 1. The van der Waals surface area contributed by atoms with Crippen molar-refractivity contribution in [3.63, 3.8) is 0 Å². The number of hydrogen-bond acceptors (Lipinski definition) is 3. The average Bonchev–Trinajstić information content (AvgIpc) is 2.23. The molecule has 0 aliphatic heterocycles. The molecule has 0 bridgehead atoms. The Hall–Kier alpha value is -1.55. The lowest BCUT2D eigenvalue weighted by Crippen LogP contribution is -2.35. The third-order valence-electron chi connectivity index (χ3n) is 2.13. The van der Waals surface area contributed by atoms with E-state index in [2.05, 4.69) is 26.1 Å². The van der Waals surface area contributed by atoms with Gasteiger partial charge >= 0.3 is 5.97 Å². The zero-order valence-corrected chi connectivity index (χ0v) is 10.5. The minimum Gasteiger partial charge on any atom is -0.482 e. The maximum Gasteiger partial charge on any atom is 0.341 e. The van der Waals surface area contributed by atoms with E-state index in [-0.39, 0.29) is 12.1 Å². The van der Waals surface area contributed by atoms with Gasteiger partial charge in [-0.3, -0.25) is 0 Å². The van der Waals surface area contributed by atoms with Gasteiger partial charge in [0.1, 0.15) is 5.75 Å². The van der Waals surface area contributed by atoms with Gasteiger partial charge < -0.3 is 15.2 Å². The second kappa shape index (κ2) is 5.68. The molecule has 0 fully saturated rings. The predicted molar refractivity (Wildman–Crippen MR) is 66.2 cm³/mol. The van der Waals surface area contributed by atoms with Gasteiger partial charge in [0.2, 0.25) is 0 Å². The fraction of sp³-hybridized carbons (Fsp3) is 0.462. The van der Waals surface area contributed by atoms with E-state index in [0.717, 1.165) is 5.56 Å². The SMILES string of the molecule is CC(C)(C)NCc1ccccc1OCC(=O)O. The number of aliphatic carboxylic acids is 1. The lowest BCUT2D eigenvalue weighted by molar-refractivity contribution is -0.139. The van der Waals surface area contributed by atoms with Gasteiger partial charge in [0.15, 0.2) is 6.61 Å². The van der Waals surface area contributed by atoms with E-state index >= 15 is 0 Å². The summed E-state index contributed by atoms with van der Waals surface area (Å²) in [5, 5.41) is 11.9. The van der Waals surface area contributed by atoms with Crippen molar-refractivity contribution in [1.82, 2.24) is 5.32 Å². The van der Waals surface area contributed by atoms with Crippen LogP contribution in [0.5, 0.6) is 5.75 Å². The van der Waals surface area contributed by atoms with Crippen LogP contribution < -0.4 is 10.1 Å². The Balaban J connectivity index is 2.67. The molecule has 2 N–H and O–H groups in total. The number of nitrogens with one attached hydrogen (secondary N) is 1. The fourth-order valence-electron chi connectivity index (χ4n) is 1.29. The molecule has 0 heterocycles. The van der Waals surface area contributed by atoms with Crippen LogP contribution in [-0.4, -0.2) is 23.2 Å². The van der Waals surface area contributed by atoms with E-state index in [9.17, 15) is 4.79 Å². The summed E-state index contributed by atoms with van der Waals surface area (Å²) < 4.78 is 5.22. The second-order valence-corrected chi connectivity index (χ2v) is 4.89. The number of carbonyl (C=O) groups is 1. The van der Waals surface area contributed by atoms with E-state index in [1.807, 2.05) is 18.2 Å². The number of carboxylic acid groups (broad SMARTS) is 1. The highest BCUT2D eigenvalue weighted by Crippen LogP contribution is 2.18. The maximum absolute atomic E-state index is 10.5. The van der Waals surface area contributed by atoms with Crippen LogP contribution in [0, 0.1) is 0 Å². The summed E-state index contributed by atoms with van der Waals surface area (Å²) in [6.07, 6.45) is 0. The third-order valence-corrected chi connectivity index (χ3v) is 2.13. The first-order chi connectivity index (χ1) is 7.88. The smallest absolute Gasteiger partial charge is 0.341 e. The van der Waals surface area contributed by atoms with Crippen molar-refractivity contribution in [2.45, 2.75) is 32.9 Å². The molecule has 1 aromatic rings. The highest BCUT2D eigenvalue weighted by Gasteiger charge is 2.11. The molecule has 0 aliphatic rings. The van der Waals surface area contributed by atoms with Crippen LogP contribution in [0.15, 0.2) is 24.3 Å². The Bertz CT molecular complexity index is 382. The van der Waals surface area contributed by atoms with Gasteiger partial charge in [-0.2, -0.15) is 0 Å². The molecule has 17 heavy (non-hydrogen) atoms. The summed E-state index contributed by atoms with van der Waals surface area (Å²) >= 11 is 0. The van der Waals surface area contributed by atoms with Crippen molar-refractivity contribution in [2.24, 2.45) is 0 Å². The summed E-state index contributed by atoms with van der Waals surface area (Å²) in [4.78, 5) is 10.5. The van der Waals surface area contributed by atoms with E-state index in [1.54, 1.807) is 6.07 Å². The number of para-hydroxylation sites is 1. The highest BCUT2D eigenvalue weighted by atomic mass is 16.5. The van der Waals surface area contributed by atoms with Crippen LogP contribution in [0.25, 0.3) is 0 Å². The van der Waals surface area contributed by atoms with Crippen molar-refractivity contribution in [2.75, 3.05) is 6.61 Å². The first-order valence-electron chi connectivity index (χ1n) is 5.56. The topological polar surface area (TPSA) is 58.6 Å². The third kappa shape index (κ3) is 5.36. The molecule has 1 aromatic carbocycles. The normalized spacial score (nSPS) is 11.2. The Morgan fingerprint density at radius 2 is 2.00 bits per heavy atom. The molecule has 1 rings (SSSR count). The molecular formula is C13H19NO3. The molecule has 0 amide bonds. The van der Waals surface area contributed by atoms with Crippen LogP contribution in [0.2, 0.25) is 0 Å². The van der Waals surface area contributed by atoms with Crippen LogP contribution in [0.3, 0.4) is 0 Å². The molecule has 0 aliphatic carbocycles. The molecule has 0 radical (unpaired) electrons. The summed E-state index contributed by atoms with van der Waals surface area (Å²) in [7, 11) is 0. The van der Waals surface area contributed by atoms with Crippen LogP contribution in [0.4, 0.5) is 0 Å². The Morgan fingerprint density at radius 1 is 1.35 bits per heavy atom. The second-order valence-electron chi connectivity index (χ2n) is 4.89. The minimum absolute atomic E-state index is 0.0138. The van der Waals surface area contributed by atoms with Gasteiger partial charge in [0.05, 0.1) is 0 Å². The summed E-state index contributed by atoms with van der Waals surface area (Å²) in [5.74, 6) is -0.352. The predicted octanol–water partition coefficient (Wildman–Crippen LogP) is 2.04. The first-order valence-corrected chi connectivity index (χ1v) is 5.56. The van der Waals surface area contributed by atoms with E-state index in [1.165, 1.54) is 0 Å². The number of rotatable bonds is 5. The maximum atomic E-state index is 10.5. The standard InChI is InChI=1S/C13H19NO3/c1-13(2,3)14-8-10-6-4-5-7-11(10)17-9-12(15)16/h4-7,14H,8-9H2,1-3H3,(H,15,16). The minimum atomic E-state index is -0.969. The van der Waals surface area contributed by atoms with Crippen LogP contribution >= 0.6 is 0 Å². The van der Waals surface area contributed by atoms with Gasteiger partial charge in [-0.05, 0) is 26.8 Å². The van der Waals surface area contributed by atoms with E-state index in [0.29, 0.717) is 12.3 Å². The Kier molecular flexibility index (Phi) is 4.52. The average molecular weight is 237 g/mol. The van der Waals surface area contributed by atoms with Gasteiger partial charge in [-0.15, -0.1) is 0 Å². The quantitative estimate of drug-likeness (QED) is 0.822. The number of benzene rings is 1. The zero-order valence-electron chi connectivity index (χ0n) is 10.5. The summed E-state index contributed by atoms with van der Waals surface area (Å²) in [5.41, 5.74) is 0.976. The zero-order chi connectivity index (χ0) is 12.9. The molecule has 0 saturated carbocycles. The fourth-order valence-corrected chi connectivity index (χ4v) is 1.29. The van der Waals surface area contributed by atoms with Crippen molar-refractivity contribution < 1.29 is 14.6 Å². The molecule has 0 atom stereocenters. The first kappa shape index (κ1) is 13.5. The molecule has 0 aromatic heterocycles. The van der Waals surface area contributed by atoms with Gasteiger partial charge in [-0.25, -0.2) is 4.79 Å². The van der Waals surface area contributed by atoms with E-state index < -0.39 is 5.97 Å². The van der Waals surface area contributed by atoms with Crippen LogP contribution in [0.1, 0.15) is 26.3 Å². The lowest BCUT2D eigenvalue weighted by Gasteiger charge is -2.21. The molecule has 4 heteroatoms. The van der Waals surface area contributed by atoms with Crippen molar-refractivity contribution in [3.05, 3.63) is 29.8 Å². The largest absolute Gasteiger partial charge is 0.482 e. The Morgan fingerprint density at radius 3 is 2.59 bits per heavy atom.